The summed E-state index contributed by atoms with van der Waals surface area (Å²) in [6.07, 6.45) is 0.466. The summed E-state index contributed by atoms with van der Waals surface area (Å²) in [6.45, 7) is 0. The summed E-state index contributed by atoms with van der Waals surface area (Å²) in [7, 11) is 0. The van der Waals surface area contributed by atoms with E-state index in [0.717, 1.165) is 0 Å². The molecule has 0 unspecified atom stereocenters. The normalized spacial score (nSPS) is 9.09. The van der Waals surface area contributed by atoms with Crippen molar-refractivity contribution in [3.05, 3.63) is 18.2 Å². The quantitative estimate of drug-likeness (QED) is 0.547. The maximum Gasteiger partial charge on any atom is 0.211 e. The molecule has 0 aliphatic heterocycles. The SMILES string of the molecule is O=CNc1cc(O)cc(O)c1. The molecule has 0 atom stereocenters. The number of carbonyl (C=O) groups is 1. The van der Waals surface area contributed by atoms with Gasteiger partial charge in [0.15, 0.2) is 0 Å². The van der Waals surface area contributed by atoms with Gasteiger partial charge in [-0.3, -0.25) is 4.79 Å². The Hall–Kier alpha value is -1.71. The van der Waals surface area contributed by atoms with Gasteiger partial charge >= 0.3 is 0 Å². The van der Waals surface area contributed by atoms with Gasteiger partial charge in [-0.05, 0) is 0 Å². The average molecular weight is 153 g/mol. The highest BCUT2D eigenvalue weighted by molar-refractivity contribution is 5.72. The van der Waals surface area contributed by atoms with Crippen LogP contribution in [0.4, 0.5) is 5.69 Å². The van der Waals surface area contributed by atoms with Crippen molar-refractivity contribution in [2.75, 3.05) is 5.32 Å². The monoisotopic (exact) mass is 153 g/mol. The molecule has 0 heterocycles. The lowest BCUT2D eigenvalue weighted by molar-refractivity contribution is -0.105. The van der Waals surface area contributed by atoms with Crippen LogP contribution in [-0.2, 0) is 4.79 Å². The number of amides is 1. The third kappa shape index (κ3) is 1.86. The van der Waals surface area contributed by atoms with Crippen molar-refractivity contribution < 1.29 is 15.0 Å². The van der Waals surface area contributed by atoms with E-state index in [9.17, 15) is 4.79 Å². The molecule has 4 nitrogen and oxygen atoms in total. The van der Waals surface area contributed by atoms with Gasteiger partial charge in [-0.2, -0.15) is 0 Å². The first-order valence-electron chi connectivity index (χ1n) is 2.95. The number of benzene rings is 1. The fourth-order valence-corrected chi connectivity index (χ4v) is 0.747. The van der Waals surface area contributed by atoms with E-state index in [1.807, 2.05) is 0 Å². The number of nitrogens with one attached hydrogen (secondary N) is 1. The topological polar surface area (TPSA) is 69.6 Å². The molecule has 0 spiro atoms. The lowest BCUT2D eigenvalue weighted by Crippen LogP contribution is -1.92. The van der Waals surface area contributed by atoms with Gasteiger partial charge in [-0.1, -0.05) is 0 Å². The highest BCUT2D eigenvalue weighted by atomic mass is 16.3. The minimum absolute atomic E-state index is 0.0886. The van der Waals surface area contributed by atoms with Gasteiger partial charge in [0.2, 0.25) is 6.41 Å². The molecule has 1 aromatic rings. The first-order chi connectivity index (χ1) is 5.22. The fraction of sp³-hybridized carbons (Fsp3) is 0. The molecule has 1 amide bonds. The Morgan fingerprint density at radius 3 is 2.18 bits per heavy atom. The smallest absolute Gasteiger partial charge is 0.211 e. The summed E-state index contributed by atoms with van der Waals surface area (Å²) in [4.78, 5) is 9.92. The van der Waals surface area contributed by atoms with E-state index in [0.29, 0.717) is 12.1 Å². The minimum Gasteiger partial charge on any atom is -0.508 e. The van der Waals surface area contributed by atoms with Crippen LogP contribution in [0.3, 0.4) is 0 Å². The van der Waals surface area contributed by atoms with Crippen molar-refractivity contribution in [2.24, 2.45) is 0 Å². The summed E-state index contributed by atoms with van der Waals surface area (Å²) in [6, 6.07) is 3.83. The van der Waals surface area contributed by atoms with E-state index in [4.69, 9.17) is 10.2 Å². The van der Waals surface area contributed by atoms with Crippen LogP contribution in [0, 0.1) is 0 Å². The number of anilines is 1. The minimum atomic E-state index is -0.0886. The van der Waals surface area contributed by atoms with Crippen LogP contribution in [0.5, 0.6) is 11.5 Å². The van der Waals surface area contributed by atoms with Crippen molar-refractivity contribution >= 4 is 12.1 Å². The van der Waals surface area contributed by atoms with E-state index < -0.39 is 0 Å². The molecule has 4 heteroatoms. The summed E-state index contributed by atoms with van der Waals surface area (Å²) in [5, 5.41) is 20.1. The van der Waals surface area contributed by atoms with E-state index in [-0.39, 0.29) is 11.5 Å². The van der Waals surface area contributed by atoms with E-state index in [1.165, 1.54) is 18.2 Å². The summed E-state index contributed by atoms with van der Waals surface area (Å²) in [5.74, 6) is -0.177. The summed E-state index contributed by atoms with van der Waals surface area (Å²) in [5.41, 5.74) is 0.359. The highest BCUT2D eigenvalue weighted by Crippen LogP contribution is 2.23. The number of phenolic OH excluding ortho intramolecular Hbond substituents is 2. The number of hydrogen-bond donors (Lipinski definition) is 3. The highest BCUT2D eigenvalue weighted by Gasteiger charge is 1.96. The molecule has 1 rings (SSSR count). The van der Waals surface area contributed by atoms with Crippen molar-refractivity contribution in [2.45, 2.75) is 0 Å². The Kier molecular flexibility index (Phi) is 1.96. The van der Waals surface area contributed by atoms with Crippen LogP contribution in [0.15, 0.2) is 18.2 Å². The Balaban J connectivity index is 2.98. The Labute approximate surface area is 63.1 Å². The summed E-state index contributed by atoms with van der Waals surface area (Å²) < 4.78 is 0. The number of carbonyl (C=O) groups excluding carboxylic acids is 1. The van der Waals surface area contributed by atoms with Crippen LogP contribution in [-0.4, -0.2) is 16.6 Å². The molecule has 1 aromatic carbocycles. The third-order valence-electron chi connectivity index (χ3n) is 1.13. The molecule has 0 saturated carbocycles. The van der Waals surface area contributed by atoms with Gasteiger partial charge in [-0.15, -0.1) is 0 Å². The number of rotatable bonds is 2. The van der Waals surface area contributed by atoms with Gasteiger partial charge in [0.25, 0.3) is 0 Å². The molecule has 0 saturated heterocycles. The average Bonchev–Trinajstić information content (AvgIpc) is 1.85. The Bertz CT molecular complexity index is 252. The zero-order valence-corrected chi connectivity index (χ0v) is 5.61. The molecule has 0 bridgehead atoms. The van der Waals surface area contributed by atoms with Gasteiger partial charge in [0.1, 0.15) is 11.5 Å². The van der Waals surface area contributed by atoms with E-state index >= 15 is 0 Å². The van der Waals surface area contributed by atoms with Crippen LogP contribution in [0.25, 0.3) is 0 Å². The third-order valence-corrected chi connectivity index (χ3v) is 1.13. The molecule has 0 aliphatic rings. The van der Waals surface area contributed by atoms with Crippen molar-refractivity contribution in [3.63, 3.8) is 0 Å². The first-order valence-corrected chi connectivity index (χ1v) is 2.95. The molecule has 3 N–H and O–H groups in total. The van der Waals surface area contributed by atoms with Gasteiger partial charge < -0.3 is 15.5 Å². The van der Waals surface area contributed by atoms with Crippen molar-refractivity contribution in [1.82, 2.24) is 0 Å². The zero-order valence-electron chi connectivity index (χ0n) is 5.61. The second-order valence-corrected chi connectivity index (χ2v) is 2.00. The first kappa shape index (κ1) is 7.40. The summed E-state index contributed by atoms with van der Waals surface area (Å²) >= 11 is 0. The molecular formula is C7H7NO3. The standard InChI is InChI=1S/C7H7NO3/c9-4-8-5-1-6(10)3-7(11)2-5/h1-4,10-11H,(H,8,9). The lowest BCUT2D eigenvalue weighted by Gasteiger charge is -1.99. The number of aromatic hydroxyl groups is 2. The number of hydrogen-bond acceptors (Lipinski definition) is 3. The molecule has 0 aromatic heterocycles. The second kappa shape index (κ2) is 2.92. The second-order valence-electron chi connectivity index (χ2n) is 2.00. The molecule has 0 aliphatic carbocycles. The largest absolute Gasteiger partial charge is 0.508 e. The predicted molar refractivity (Wildman–Crippen MR) is 39.5 cm³/mol. The zero-order chi connectivity index (χ0) is 8.27. The molecule has 11 heavy (non-hydrogen) atoms. The molecule has 0 fully saturated rings. The Morgan fingerprint density at radius 2 is 1.73 bits per heavy atom. The van der Waals surface area contributed by atoms with Crippen LogP contribution in [0.2, 0.25) is 0 Å². The number of phenols is 2. The van der Waals surface area contributed by atoms with Gasteiger partial charge in [0.05, 0.1) is 0 Å². The Morgan fingerprint density at radius 1 is 1.18 bits per heavy atom. The molecular weight excluding hydrogens is 146 g/mol. The van der Waals surface area contributed by atoms with Crippen LogP contribution in [0.1, 0.15) is 0 Å². The van der Waals surface area contributed by atoms with E-state index in [1.54, 1.807) is 0 Å². The van der Waals surface area contributed by atoms with E-state index in [2.05, 4.69) is 5.32 Å². The van der Waals surface area contributed by atoms with Crippen LogP contribution < -0.4 is 5.32 Å². The van der Waals surface area contributed by atoms with Gasteiger partial charge in [0, 0.05) is 23.9 Å². The lowest BCUT2D eigenvalue weighted by atomic mass is 10.3. The van der Waals surface area contributed by atoms with Crippen molar-refractivity contribution in [3.8, 4) is 11.5 Å². The predicted octanol–water partition coefficient (Wildman–Crippen LogP) is 0.666. The maximum absolute atomic E-state index is 9.92. The van der Waals surface area contributed by atoms with Crippen LogP contribution >= 0.6 is 0 Å². The molecule has 58 valence electrons. The van der Waals surface area contributed by atoms with Crippen molar-refractivity contribution in [1.29, 1.82) is 0 Å². The van der Waals surface area contributed by atoms with Gasteiger partial charge in [-0.25, -0.2) is 0 Å². The fourth-order valence-electron chi connectivity index (χ4n) is 0.747. The maximum atomic E-state index is 9.92. The molecule has 0 radical (unpaired) electrons.